The van der Waals surface area contributed by atoms with E-state index in [0.29, 0.717) is 35.3 Å². The van der Waals surface area contributed by atoms with Crippen molar-refractivity contribution in [1.82, 2.24) is 15.8 Å². The third kappa shape index (κ3) is 4.18. The number of ether oxygens (including phenoxy) is 3. The molecule has 0 unspecified atom stereocenters. The second-order valence-corrected chi connectivity index (χ2v) is 6.94. The lowest BCUT2D eigenvalue weighted by atomic mass is 10.2. The third-order valence-corrected chi connectivity index (χ3v) is 5.43. The molecule has 3 rings (SSSR count). The number of hydrogen-bond donors (Lipinski definition) is 2. The number of nitrogens with zero attached hydrogens (tertiary/aromatic N) is 2. The normalized spacial score (nSPS) is 13.8. The molecule has 2 heterocycles. The van der Waals surface area contributed by atoms with Crippen molar-refractivity contribution >= 4 is 28.3 Å². The van der Waals surface area contributed by atoms with Gasteiger partial charge in [0.05, 0.1) is 38.7 Å². The zero-order valence-electron chi connectivity index (χ0n) is 15.9. The van der Waals surface area contributed by atoms with Gasteiger partial charge in [-0.2, -0.15) is 0 Å². The Morgan fingerprint density at radius 3 is 2.54 bits per heavy atom. The largest absolute Gasteiger partial charge is 0.493 e. The molecule has 0 bridgehead atoms. The minimum Gasteiger partial charge on any atom is -0.493 e. The lowest BCUT2D eigenvalue weighted by Crippen LogP contribution is -2.41. The summed E-state index contributed by atoms with van der Waals surface area (Å²) in [6.07, 6.45) is 0. The van der Waals surface area contributed by atoms with Gasteiger partial charge < -0.3 is 19.1 Å². The molecule has 1 saturated heterocycles. The number of anilines is 1. The van der Waals surface area contributed by atoms with Crippen LogP contribution < -0.4 is 25.2 Å². The van der Waals surface area contributed by atoms with Crippen LogP contribution in [0.25, 0.3) is 0 Å². The molecule has 0 spiro atoms. The number of rotatable bonds is 5. The number of hydrazine groups is 1. The fourth-order valence-corrected chi connectivity index (χ4v) is 3.80. The zero-order chi connectivity index (χ0) is 20.1. The van der Waals surface area contributed by atoms with Crippen LogP contribution >= 0.6 is 11.3 Å². The minimum absolute atomic E-state index is 0.247. The van der Waals surface area contributed by atoms with Gasteiger partial charge in [-0.3, -0.25) is 20.4 Å². The lowest BCUT2D eigenvalue weighted by molar-refractivity contribution is 0.0846. The highest BCUT2D eigenvalue weighted by atomic mass is 32.1. The number of morpholine rings is 1. The third-order valence-electron chi connectivity index (χ3n) is 4.21. The van der Waals surface area contributed by atoms with E-state index in [4.69, 9.17) is 14.2 Å². The summed E-state index contributed by atoms with van der Waals surface area (Å²) in [5.74, 6) is -0.223. The first-order valence-corrected chi connectivity index (χ1v) is 9.48. The molecule has 10 heteroatoms. The molecule has 150 valence electrons. The van der Waals surface area contributed by atoms with Gasteiger partial charge in [-0.1, -0.05) is 17.4 Å². The molecule has 0 radical (unpaired) electrons. The topological polar surface area (TPSA) is 102 Å². The molecule has 1 aliphatic rings. The van der Waals surface area contributed by atoms with Crippen molar-refractivity contribution in [2.24, 2.45) is 0 Å². The van der Waals surface area contributed by atoms with Gasteiger partial charge >= 0.3 is 0 Å². The first-order valence-electron chi connectivity index (χ1n) is 8.67. The predicted octanol–water partition coefficient (Wildman–Crippen LogP) is 1.38. The number of methoxy groups -OCH3 is 2. The molecule has 28 heavy (non-hydrogen) atoms. The molecular weight excluding hydrogens is 384 g/mol. The Kier molecular flexibility index (Phi) is 6.32. The summed E-state index contributed by atoms with van der Waals surface area (Å²) < 4.78 is 15.8. The summed E-state index contributed by atoms with van der Waals surface area (Å²) in [4.78, 5) is 32.0. The van der Waals surface area contributed by atoms with Gasteiger partial charge in [0.1, 0.15) is 4.88 Å². The van der Waals surface area contributed by atoms with Crippen LogP contribution in [0.3, 0.4) is 0 Å². The Hall–Kier alpha value is -2.85. The van der Waals surface area contributed by atoms with Gasteiger partial charge in [0.25, 0.3) is 11.8 Å². The number of hydrogen-bond acceptors (Lipinski definition) is 8. The van der Waals surface area contributed by atoms with E-state index in [2.05, 4.69) is 20.7 Å². The molecule has 1 aromatic carbocycles. The van der Waals surface area contributed by atoms with Gasteiger partial charge in [-0.25, -0.2) is 4.98 Å². The number of thiazole rings is 1. The molecule has 0 atom stereocenters. The Bertz CT molecular complexity index is 864. The lowest BCUT2D eigenvalue weighted by Gasteiger charge is -2.25. The predicted molar refractivity (Wildman–Crippen MR) is 104 cm³/mol. The smallest absolute Gasteiger partial charge is 0.281 e. The molecule has 2 N–H and O–H groups in total. The van der Waals surface area contributed by atoms with Gasteiger partial charge in [-0.15, -0.1) is 0 Å². The first-order chi connectivity index (χ1) is 13.5. The average Bonchev–Trinajstić information content (AvgIpc) is 3.13. The SMILES string of the molecule is COc1cccc(C(=O)NNC(=O)c2sc(N3CCOCC3)nc2C)c1OC. The maximum absolute atomic E-state index is 12.5. The minimum atomic E-state index is -0.514. The maximum Gasteiger partial charge on any atom is 0.281 e. The highest BCUT2D eigenvalue weighted by Crippen LogP contribution is 2.30. The fourth-order valence-electron chi connectivity index (χ4n) is 2.79. The average molecular weight is 406 g/mol. The monoisotopic (exact) mass is 406 g/mol. The summed E-state index contributed by atoms with van der Waals surface area (Å²) in [6.45, 7) is 4.51. The quantitative estimate of drug-likeness (QED) is 0.723. The summed E-state index contributed by atoms with van der Waals surface area (Å²) in [5, 5.41) is 0.770. The van der Waals surface area contributed by atoms with Crippen LogP contribution in [-0.4, -0.2) is 57.3 Å². The number of aromatic nitrogens is 1. The molecule has 9 nitrogen and oxygen atoms in total. The van der Waals surface area contributed by atoms with Crippen LogP contribution in [0.2, 0.25) is 0 Å². The molecular formula is C18H22N4O5S. The van der Waals surface area contributed by atoms with Crippen LogP contribution in [0.15, 0.2) is 18.2 Å². The molecule has 2 aromatic rings. The van der Waals surface area contributed by atoms with E-state index in [-0.39, 0.29) is 5.56 Å². The molecule has 0 aliphatic carbocycles. The highest BCUT2D eigenvalue weighted by Gasteiger charge is 2.22. The molecule has 1 fully saturated rings. The van der Waals surface area contributed by atoms with E-state index in [1.54, 1.807) is 25.1 Å². The summed E-state index contributed by atoms with van der Waals surface area (Å²) >= 11 is 1.29. The number of carbonyl (C=O) groups is 2. The number of aryl methyl sites for hydroxylation is 1. The summed E-state index contributed by atoms with van der Waals surface area (Å²) in [5.41, 5.74) is 5.70. The van der Waals surface area contributed by atoms with E-state index in [1.165, 1.54) is 25.6 Å². The number of benzene rings is 1. The van der Waals surface area contributed by atoms with E-state index in [1.807, 2.05) is 0 Å². The van der Waals surface area contributed by atoms with Crippen molar-refractivity contribution in [3.8, 4) is 11.5 Å². The Labute approximate surface area is 166 Å². The number of para-hydroxylation sites is 1. The van der Waals surface area contributed by atoms with Crippen molar-refractivity contribution in [1.29, 1.82) is 0 Å². The zero-order valence-corrected chi connectivity index (χ0v) is 16.7. The number of amides is 2. The van der Waals surface area contributed by atoms with Crippen LogP contribution in [0.4, 0.5) is 5.13 Å². The van der Waals surface area contributed by atoms with Gasteiger partial charge in [0, 0.05) is 13.1 Å². The molecule has 1 aliphatic heterocycles. The highest BCUT2D eigenvalue weighted by molar-refractivity contribution is 7.17. The van der Waals surface area contributed by atoms with Gasteiger partial charge in [0.2, 0.25) is 0 Å². The molecule has 2 amide bonds. The molecule has 1 aromatic heterocycles. The van der Waals surface area contributed by atoms with Gasteiger partial charge in [0.15, 0.2) is 16.6 Å². The van der Waals surface area contributed by atoms with Crippen LogP contribution in [-0.2, 0) is 4.74 Å². The Balaban J connectivity index is 1.67. The summed E-state index contributed by atoms with van der Waals surface area (Å²) in [7, 11) is 2.93. The number of nitrogens with one attached hydrogen (secondary N) is 2. The number of carbonyl (C=O) groups excluding carboxylic acids is 2. The fraction of sp³-hybridized carbons (Fsp3) is 0.389. The Morgan fingerprint density at radius 2 is 1.86 bits per heavy atom. The van der Waals surface area contributed by atoms with Gasteiger partial charge in [-0.05, 0) is 19.1 Å². The van der Waals surface area contributed by atoms with Crippen molar-refractivity contribution in [2.75, 3.05) is 45.4 Å². The van der Waals surface area contributed by atoms with Crippen molar-refractivity contribution in [3.63, 3.8) is 0 Å². The maximum atomic E-state index is 12.5. The van der Waals surface area contributed by atoms with Crippen molar-refractivity contribution in [3.05, 3.63) is 34.3 Å². The van der Waals surface area contributed by atoms with Crippen LogP contribution in [0, 0.1) is 6.92 Å². The second kappa shape index (κ2) is 8.89. The van der Waals surface area contributed by atoms with E-state index < -0.39 is 11.8 Å². The van der Waals surface area contributed by atoms with Crippen LogP contribution in [0.5, 0.6) is 11.5 Å². The van der Waals surface area contributed by atoms with Crippen molar-refractivity contribution in [2.45, 2.75) is 6.92 Å². The van der Waals surface area contributed by atoms with Crippen LogP contribution in [0.1, 0.15) is 25.7 Å². The van der Waals surface area contributed by atoms with Crippen molar-refractivity contribution < 1.29 is 23.8 Å². The van der Waals surface area contributed by atoms with E-state index >= 15 is 0 Å². The van der Waals surface area contributed by atoms with E-state index in [9.17, 15) is 9.59 Å². The molecule has 0 saturated carbocycles. The second-order valence-electron chi connectivity index (χ2n) is 5.96. The standard InChI is InChI=1S/C18H22N4O5S/c1-11-15(28-18(19-11)22-7-9-27-10-8-22)17(24)21-20-16(23)12-5-4-6-13(25-2)14(12)26-3/h4-6H,7-10H2,1-3H3,(H,20,23)(H,21,24). The first kappa shape index (κ1) is 19.9. The summed E-state index contributed by atoms with van der Waals surface area (Å²) in [6, 6.07) is 4.93. The Morgan fingerprint density at radius 1 is 1.14 bits per heavy atom. The van der Waals surface area contributed by atoms with E-state index in [0.717, 1.165) is 18.2 Å².